The summed E-state index contributed by atoms with van der Waals surface area (Å²) in [4.78, 5) is 11.6. The molecule has 1 rings (SSSR count). The van der Waals surface area contributed by atoms with Crippen LogP contribution >= 0.6 is 22.6 Å². The molecule has 4 unspecified atom stereocenters. The molecule has 2 nitrogen and oxygen atoms in total. The van der Waals surface area contributed by atoms with E-state index in [4.69, 9.17) is 4.74 Å². The average molecular weight is 324 g/mol. The molecule has 3 heteroatoms. The van der Waals surface area contributed by atoms with Crippen LogP contribution in [0.2, 0.25) is 0 Å². The van der Waals surface area contributed by atoms with Crippen LogP contribution < -0.4 is 0 Å². The van der Waals surface area contributed by atoms with Crippen LogP contribution in [0.25, 0.3) is 0 Å². The number of carbonyl (C=O) groups is 1. The van der Waals surface area contributed by atoms with E-state index < -0.39 is 0 Å². The largest absolute Gasteiger partial charge is 0.465 e. The first-order valence-corrected chi connectivity index (χ1v) is 6.80. The van der Waals surface area contributed by atoms with Gasteiger partial charge in [-0.1, -0.05) is 57.2 Å². The van der Waals surface area contributed by atoms with Gasteiger partial charge in [-0.3, -0.25) is 4.79 Å². The summed E-state index contributed by atoms with van der Waals surface area (Å²) in [7, 11) is 0. The molecule has 4 atom stereocenters. The summed E-state index contributed by atoms with van der Waals surface area (Å²) in [6.07, 6.45) is 0. The van der Waals surface area contributed by atoms with E-state index >= 15 is 0 Å². The maximum absolute atomic E-state index is 11.6. The third-order valence-corrected chi connectivity index (χ3v) is 4.43. The van der Waals surface area contributed by atoms with Crippen molar-refractivity contribution in [2.45, 2.75) is 38.5 Å². The van der Waals surface area contributed by atoms with Crippen molar-refractivity contribution < 1.29 is 9.53 Å². The van der Waals surface area contributed by atoms with Gasteiger partial charge in [0.25, 0.3) is 0 Å². The Morgan fingerprint density at radius 1 is 1.40 bits per heavy atom. The number of carbonyl (C=O) groups excluding carboxylic acids is 1. The first kappa shape index (κ1) is 13.3. The summed E-state index contributed by atoms with van der Waals surface area (Å²) in [6, 6.07) is 0. The number of alkyl halides is 1. The smallest absolute Gasteiger partial charge is 0.310 e. The minimum Gasteiger partial charge on any atom is -0.465 e. The fourth-order valence-electron chi connectivity index (χ4n) is 2.18. The molecule has 0 saturated carbocycles. The summed E-state index contributed by atoms with van der Waals surface area (Å²) in [5.41, 5.74) is 0.239. The highest BCUT2D eigenvalue weighted by molar-refractivity contribution is 14.1. The van der Waals surface area contributed by atoms with Crippen LogP contribution in [0.3, 0.4) is 0 Å². The van der Waals surface area contributed by atoms with Crippen molar-refractivity contribution in [2.75, 3.05) is 6.61 Å². The molecule has 88 valence electrons. The quantitative estimate of drug-likeness (QED) is 0.443. The van der Waals surface area contributed by atoms with Crippen LogP contribution in [0.4, 0.5) is 0 Å². The van der Waals surface area contributed by atoms with Gasteiger partial charge in [-0.2, -0.15) is 0 Å². The number of cyclic esters (lactones) is 1. The molecule has 0 aromatic carbocycles. The summed E-state index contributed by atoms with van der Waals surface area (Å²) in [5.74, 6) is 0.966. The second-order valence-electron chi connectivity index (χ2n) is 5.65. The molecule has 0 radical (unpaired) electrons. The van der Waals surface area contributed by atoms with Gasteiger partial charge in [0.1, 0.15) is 0 Å². The van der Waals surface area contributed by atoms with Gasteiger partial charge in [0.15, 0.2) is 0 Å². The van der Waals surface area contributed by atoms with Crippen molar-refractivity contribution in [3.8, 4) is 0 Å². The Hall–Kier alpha value is 0.200. The second-order valence-corrected chi connectivity index (χ2v) is 7.62. The molecular formula is C12H21IO2. The molecule has 0 aliphatic carbocycles. The normalized spacial score (nSPS) is 31.2. The van der Waals surface area contributed by atoms with Gasteiger partial charge in [-0.25, -0.2) is 0 Å². The first-order valence-electron chi connectivity index (χ1n) is 5.56. The van der Waals surface area contributed by atoms with Gasteiger partial charge in [0, 0.05) is 9.84 Å². The third-order valence-electron chi connectivity index (χ3n) is 3.65. The Balaban J connectivity index is 2.82. The number of esters is 1. The first-order chi connectivity index (χ1) is 6.75. The van der Waals surface area contributed by atoms with Crippen molar-refractivity contribution in [2.24, 2.45) is 23.2 Å². The topological polar surface area (TPSA) is 26.3 Å². The molecule has 1 aliphatic rings. The molecule has 0 aromatic rings. The van der Waals surface area contributed by atoms with Crippen LogP contribution in [0.5, 0.6) is 0 Å². The Bertz CT molecular complexity index is 242. The van der Waals surface area contributed by atoms with Crippen molar-refractivity contribution in [3.63, 3.8) is 0 Å². The summed E-state index contributed by atoms with van der Waals surface area (Å²) in [6.45, 7) is 11.6. The Kier molecular flexibility index (Phi) is 4.07. The number of rotatable bonds is 2. The number of hydrogen-bond acceptors (Lipinski definition) is 2. The zero-order valence-corrected chi connectivity index (χ0v) is 12.4. The SMILES string of the molecule is CC(I)C1C(=O)OCC1C(C)C(C)(C)C. The van der Waals surface area contributed by atoms with Crippen LogP contribution in [-0.2, 0) is 9.53 Å². The highest BCUT2D eigenvalue weighted by Gasteiger charge is 2.45. The van der Waals surface area contributed by atoms with Crippen molar-refractivity contribution in [1.82, 2.24) is 0 Å². The van der Waals surface area contributed by atoms with Gasteiger partial charge in [-0.15, -0.1) is 0 Å². The Morgan fingerprint density at radius 2 is 1.93 bits per heavy atom. The maximum atomic E-state index is 11.6. The van der Waals surface area contributed by atoms with Crippen LogP contribution in [0.1, 0.15) is 34.6 Å². The molecule has 1 fully saturated rings. The molecule has 0 amide bonds. The Morgan fingerprint density at radius 3 is 2.33 bits per heavy atom. The predicted molar refractivity (Wildman–Crippen MR) is 70.0 cm³/mol. The van der Waals surface area contributed by atoms with Gasteiger partial charge in [0.05, 0.1) is 12.5 Å². The van der Waals surface area contributed by atoms with E-state index in [1.165, 1.54) is 0 Å². The van der Waals surface area contributed by atoms with E-state index in [1.54, 1.807) is 0 Å². The third kappa shape index (κ3) is 2.86. The lowest BCUT2D eigenvalue weighted by Crippen LogP contribution is -2.34. The van der Waals surface area contributed by atoms with Gasteiger partial charge < -0.3 is 4.74 Å². The maximum Gasteiger partial charge on any atom is 0.310 e. The van der Waals surface area contributed by atoms with Crippen molar-refractivity contribution in [3.05, 3.63) is 0 Å². The van der Waals surface area contributed by atoms with Crippen molar-refractivity contribution >= 4 is 28.6 Å². The van der Waals surface area contributed by atoms with Gasteiger partial charge in [-0.05, 0) is 11.3 Å². The van der Waals surface area contributed by atoms with Crippen LogP contribution in [0.15, 0.2) is 0 Å². The molecule has 15 heavy (non-hydrogen) atoms. The molecule has 1 saturated heterocycles. The average Bonchev–Trinajstić information content (AvgIpc) is 2.43. The molecule has 0 N–H and O–H groups in total. The summed E-state index contributed by atoms with van der Waals surface area (Å²) in [5, 5.41) is 0. The molecule has 0 spiro atoms. The van der Waals surface area contributed by atoms with Crippen LogP contribution in [-0.4, -0.2) is 16.5 Å². The zero-order chi connectivity index (χ0) is 11.8. The monoisotopic (exact) mass is 324 g/mol. The second kappa shape index (κ2) is 4.60. The van der Waals surface area contributed by atoms with Gasteiger partial charge in [0.2, 0.25) is 0 Å². The lowest BCUT2D eigenvalue weighted by molar-refractivity contribution is -0.141. The number of ether oxygens (including phenoxy) is 1. The van der Waals surface area contributed by atoms with E-state index in [2.05, 4.69) is 57.2 Å². The molecule has 1 aliphatic heterocycles. The van der Waals surface area contributed by atoms with E-state index in [9.17, 15) is 4.79 Å². The standard InChI is InChI=1S/C12H21IO2/c1-7(12(3,4)5)9-6-15-11(14)10(9)8(2)13/h7-10H,6H2,1-5H3. The van der Waals surface area contributed by atoms with E-state index in [-0.39, 0.29) is 17.3 Å². The minimum atomic E-state index is -0.00185. The van der Waals surface area contributed by atoms with Crippen LogP contribution in [0, 0.1) is 23.2 Å². The number of hydrogen-bond donors (Lipinski definition) is 0. The molecule has 1 heterocycles. The minimum absolute atomic E-state index is 0.00185. The fraction of sp³-hybridized carbons (Fsp3) is 0.917. The van der Waals surface area contributed by atoms with E-state index in [0.29, 0.717) is 22.4 Å². The number of halogens is 1. The lowest BCUT2D eigenvalue weighted by atomic mass is 9.70. The highest BCUT2D eigenvalue weighted by Crippen LogP contribution is 2.41. The highest BCUT2D eigenvalue weighted by atomic mass is 127. The summed E-state index contributed by atoms with van der Waals surface area (Å²) < 4.78 is 5.57. The van der Waals surface area contributed by atoms with Gasteiger partial charge >= 0.3 is 5.97 Å². The van der Waals surface area contributed by atoms with E-state index in [1.807, 2.05) is 0 Å². The lowest BCUT2D eigenvalue weighted by Gasteiger charge is -2.34. The Labute approximate surface area is 106 Å². The summed E-state index contributed by atoms with van der Waals surface area (Å²) >= 11 is 2.34. The molecule has 0 bridgehead atoms. The molecular weight excluding hydrogens is 303 g/mol. The molecule has 0 aromatic heterocycles. The van der Waals surface area contributed by atoms with E-state index in [0.717, 1.165) is 0 Å². The van der Waals surface area contributed by atoms with Crippen molar-refractivity contribution in [1.29, 1.82) is 0 Å². The predicted octanol–water partition coefficient (Wildman–Crippen LogP) is 3.28. The fourth-order valence-corrected chi connectivity index (χ4v) is 3.01. The zero-order valence-electron chi connectivity index (χ0n) is 10.2.